The van der Waals surface area contributed by atoms with Crippen LogP contribution in [0.2, 0.25) is 0 Å². The molecule has 0 rings (SSSR count). The van der Waals surface area contributed by atoms with Crippen LogP contribution in [0.4, 0.5) is 0 Å². The summed E-state index contributed by atoms with van der Waals surface area (Å²) in [5, 5.41) is 0. The monoisotopic (exact) mass is 184 g/mol. The van der Waals surface area contributed by atoms with Crippen molar-refractivity contribution in [3.05, 3.63) is 12.2 Å². The van der Waals surface area contributed by atoms with Crippen LogP contribution in [0.15, 0.2) is 12.2 Å². The van der Waals surface area contributed by atoms with Crippen molar-refractivity contribution in [1.82, 2.24) is 0 Å². The summed E-state index contributed by atoms with van der Waals surface area (Å²) in [5.41, 5.74) is 0. The summed E-state index contributed by atoms with van der Waals surface area (Å²) in [4.78, 5) is 0. The standard InChI is InChI=1S/C12H24O/c1-4-6-7-8-9-10-11-12(5-2)13-3/h4,6,12H,5,7-11H2,1-3H3. The van der Waals surface area contributed by atoms with Crippen molar-refractivity contribution >= 4 is 0 Å². The molecular weight excluding hydrogens is 160 g/mol. The third-order valence-electron chi connectivity index (χ3n) is 2.42. The highest BCUT2D eigenvalue weighted by Gasteiger charge is 2.02. The molecule has 0 aliphatic carbocycles. The van der Waals surface area contributed by atoms with Gasteiger partial charge in [0, 0.05) is 7.11 Å². The van der Waals surface area contributed by atoms with Crippen molar-refractivity contribution in [2.24, 2.45) is 0 Å². The first-order chi connectivity index (χ1) is 6.35. The van der Waals surface area contributed by atoms with Crippen LogP contribution in [0, 0.1) is 0 Å². The van der Waals surface area contributed by atoms with Crippen molar-refractivity contribution < 1.29 is 4.74 Å². The molecule has 78 valence electrons. The molecule has 1 heteroatoms. The Balaban J connectivity index is 3.14. The number of rotatable bonds is 8. The summed E-state index contributed by atoms with van der Waals surface area (Å²) >= 11 is 0. The molecule has 1 atom stereocenters. The maximum Gasteiger partial charge on any atom is 0.0568 e. The van der Waals surface area contributed by atoms with Gasteiger partial charge >= 0.3 is 0 Å². The average Bonchev–Trinajstić information content (AvgIpc) is 2.17. The number of hydrogen-bond acceptors (Lipinski definition) is 1. The largest absolute Gasteiger partial charge is 0.381 e. The maximum atomic E-state index is 5.31. The molecule has 0 aromatic heterocycles. The first-order valence-corrected chi connectivity index (χ1v) is 5.49. The smallest absolute Gasteiger partial charge is 0.0568 e. The molecule has 0 aromatic carbocycles. The van der Waals surface area contributed by atoms with E-state index in [1.54, 1.807) is 0 Å². The minimum absolute atomic E-state index is 0.488. The van der Waals surface area contributed by atoms with Crippen molar-refractivity contribution in [2.75, 3.05) is 7.11 Å². The van der Waals surface area contributed by atoms with Gasteiger partial charge in [0.1, 0.15) is 0 Å². The van der Waals surface area contributed by atoms with Gasteiger partial charge in [0.05, 0.1) is 6.10 Å². The summed E-state index contributed by atoms with van der Waals surface area (Å²) in [6, 6.07) is 0. The van der Waals surface area contributed by atoms with E-state index in [0.29, 0.717) is 6.10 Å². The second kappa shape index (κ2) is 9.79. The Bertz CT molecular complexity index is 114. The van der Waals surface area contributed by atoms with Gasteiger partial charge in [0.15, 0.2) is 0 Å². The second-order valence-corrected chi connectivity index (χ2v) is 3.47. The molecule has 0 spiro atoms. The summed E-state index contributed by atoms with van der Waals surface area (Å²) in [6.45, 7) is 4.27. The van der Waals surface area contributed by atoms with E-state index in [4.69, 9.17) is 4.74 Å². The number of methoxy groups -OCH3 is 1. The average molecular weight is 184 g/mol. The molecule has 1 nitrogen and oxygen atoms in total. The fourth-order valence-corrected chi connectivity index (χ4v) is 1.47. The van der Waals surface area contributed by atoms with E-state index in [9.17, 15) is 0 Å². The lowest BCUT2D eigenvalue weighted by Gasteiger charge is -2.11. The molecule has 0 radical (unpaired) electrons. The van der Waals surface area contributed by atoms with Crippen LogP contribution in [0.25, 0.3) is 0 Å². The molecule has 0 fully saturated rings. The summed E-state index contributed by atoms with van der Waals surface area (Å²) in [6.07, 6.45) is 12.4. The maximum absolute atomic E-state index is 5.31. The van der Waals surface area contributed by atoms with Gasteiger partial charge in [-0.05, 0) is 32.6 Å². The van der Waals surface area contributed by atoms with Gasteiger partial charge in [0.25, 0.3) is 0 Å². The first kappa shape index (κ1) is 12.7. The lowest BCUT2D eigenvalue weighted by Crippen LogP contribution is -2.07. The normalized spacial score (nSPS) is 13.8. The van der Waals surface area contributed by atoms with Gasteiger partial charge in [-0.1, -0.05) is 31.9 Å². The van der Waals surface area contributed by atoms with Crippen molar-refractivity contribution in [2.45, 2.75) is 58.5 Å². The van der Waals surface area contributed by atoms with Crippen LogP contribution < -0.4 is 0 Å². The lowest BCUT2D eigenvalue weighted by atomic mass is 10.1. The molecule has 0 saturated heterocycles. The molecule has 0 heterocycles. The van der Waals surface area contributed by atoms with Crippen LogP contribution in [-0.2, 0) is 4.74 Å². The Hall–Kier alpha value is -0.300. The van der Waals surface area contributed by atoms with Crippen LogP contribution in [0.1, 0.15) is 52.4 Å². The van der Waals surface area contributed by atoms with Crippen LogP contribution in [0.3, 0.4) is 0 Å². The molecule has 0 N–H and O–H groups in total. The van der Waals surface area contributed by atoms with Gasteiger partial charge in [-0.25, -0.2) is 0 Å². The van der Waals surface area contributed by atoms with Crippen molar-refractivity contribution in [3.8, 4) is 0 Å². The molecule has 0 aliphatic rings. The predicted molar refractivity (Wildman–Crippen MR) is 59.0 cm³/mol. The molecule has 0 bridgehead atoms. The van der Waals surface area contributed by atoms with Gasteiger partial charge in [0.2, 0.25) is 0 Å². The molecule has 0 amide bonds. The van der Waals surface area contributed by atoms with E-state index in [0.717, 1.165) is 6.42 Å². The molecule has 13 heavy (non-hydrogen) atoms. The zero-order valence-electron chi connectivity index (χ0n) is 9.38. The van der Waals surface area contributed by atoms with E-state index >= 15 is 0 Å². The Morgan fingerprint density at radius 1 is 1.23 bits per heavy atom. The fraction of sp³-hybridized carbons (Fsp3) is 0.833. The predicted octanol–water partition coefficient (Wildman–Crippen LogP) is 3.94. The summed E-state index contributed by atoms with van der Waals surface area (Å²) < 4.78 is 5.31. The van der Waals surface area contributed by atoms with Gasteiger partial charge in [-0.2, -0.15) is 0 Å². The SMILES string of the molecule is CC=CCCCCCC(CC)OC. The van der Waals surface area contributed by atoms with E-state index < -0.39 is 0 Å². The van der Waals surface area contributed by atoms with E-state index in [2.05, 4.69) is 26.0 Å². The third-order valence-corrected chi connectivity index (χ3v) is 2.42. The molecule has 0 aliphatic heterocycles. The van der Waals surface area contributed by atoms with Gasteiger partial charge in [-0.15, -0.1) is 0 Å². The van der Waals surface area contributed by atoms with Crippen LogP contribution in [0.5, 0.6) is 0 Å². The molecule has 0 aromatic rings. The number of hydrogen-bond donors (Lipinski definition) is 0. The molecule has 1 unspecified atom stereocenters. The highest BCUT2D eigenvalue weighted by molar-refractivity contribution is 4.76. The number of allylic oxidation sites excluding steroid dienone is 2. The van der Waals surface area contributed by atoms with Crippen LogP contribution in [-0.4, -0.2) is 13.2 Å². The van der Waals surface area contributed by atoms with Crippen LogP contribution >= 0.6 is 0 Å². The summed E-state index contributed by atoms with van der Waals surface area (Å²) in [7, 11) is 1.81. The van der Waals surface area contributed by atoms with E-state index in [-0.39, 0.29) is 0 Å². The highest BCUT2D eigenvalue weighted by atomic mass is 16.5. The zero-order chi connectivity index (χ0) is 9.94. The molecule has 0 saturated carbocycles. The topological polar surface area (TPSA) is 9.23 Å². The van der Waals surface area contributed by atoms with Crippen molar-refractivity contribution in [3.63, 3.8) is 0 Å². The Kier molecular flexibility index (Phi) is 9.56. The lowest BCUT2D eigenvalue weighted by molar-refractivity contribution is 0.0898. The van der Waals surface area contributed by atoms with E-state index in [1.807, 2.05) is 7.11 Å². The van der Waals surface area contributed by atoms with Gasteiger partial charge in [-0.3, -0.25) is 0 Å². The first-order valence-electron chi connectivity index (χ1n) is 5.49. The molecular formula is C12H24O. The Labute approximate surface area is 83.2 Å². The number of unbranched alkanes of at least 4 members (excludes halogenated alkanes) is 3. The fourth-order valence-electron chi connectivity index (χ4n) is 1.47. The quantitative estimate of drug-likeness (QED) is 0.410. The zero-order valence-corrected chi connectivity index (χ0v) is 9.38. The minimum atomic E-state index is 0.488. The Morgan fingerprint density at radius 3 is 2.54 bits per heavy atom. The van der Waals surface area contributed by atoms with Gasteiger partial charge < -0.3 is 4.74 Å². The number of ether oxygens (including phenoxy) is 1. The Morgan fingerprint density at radius 2 is 2.00 bits per heavy atom. The second-order valence-electron chi connectivity index (χ2n) is 3.47. The van der Waals surface area contributed by atoms with E-state index in [1.165, 1.54) is 32.1 Å². The highest BCUT2D eigenvalue weighted by Crippen LogP contribution is 2.10. The van der Waals surface area contributed by atoms with Crippen molar-refractivity contribution in [1.29, 1.82) is 0 Å². The third kappa shape index (κ3) is 8.04. The summed E-state index contributed by atoms with van der Waals surface area (Å²) in [5.74, 6) is 0. The minimum Gasteiger partial charge on any atom is -0.381 e.